The maximum absolute atomic E-state index is 3.65. The average Bonchev–Trinajstić information content (AvgIpc) is 2.35. The molecule has 1 N–H and O–H groups in total. The standard InChI is InChI=1S/C16H24BrN/c1-11-5-4-6-13(9-11)16(18-3)14-8-7-12(2)15(17)10-14/h7-8,10-11,13,16,18H,4-6,9H2,1-3H3. The first kappa shape index (κ1) is 14.1. The molecule has 1 saturated carbocycles. The van der Waals surface area contributed by atoms with Gasteiger partial charge in [0, 0.05) is 10.5 Å². The summed E-state index contributed by atoms with van der Waals surface area (Å²) in [6.07, 6.45) is 5.51. The van der Waals surface area contributed by atoms with Crippen LogP contribution in [-0.4, -0.2) is 7.05 Å². The molecule has 0 aliphatic heterocycles. The number of nitrogens with one attached hydrogen (secondary N) is 1. The smallest absolute Gasteiger partial charge is 0.0346 e. The number of halogens is 1. The Morgan fingerprint density at radius 1 is 1.33 bits per heavy atom. The highest BCUT2D eigenvalue weighted by atomic mass is 79.9. The predicted molar refractivity (Wildman–Crippen MR) is 81.8 cm³/mol. The van der Waals surface area contributed by atoms with Gasteiger partial charge < -0.3 is 5.32 Å². The Kier molecular flexibility index (Phi) is 4.85. The van der Waals surface area contributed by atoms with Crippen LogP contribution >= 0.6 is 15.9 Å². The van der Waals surface area contributed by atoms with E-state index in [9.17, 15) is 0 Å². The van der Waals surface area contributed by atoms with E-state index in [0.717, 1.165) is 11.8 Å². The highest BCUT2D eigenvalue weighted by Crippen LogP contribution is 2.37. The van der Waals surface area contributed by atoms with Crippen LogP contribution in [0.15, 0.2) is 22.7 Å². The molecule has 100 valence electrons. The van der Waals surface area contributed by atoms with Crippen LogP contribution in [0, 0.1) is 18.8 Å². The zero-order valence-electron chi connectivity index (χ0n) is 11.7. The molecule has 0 saturated heterocycles. The van der Waals surface area contributed by atoms with Gasteiger partial charge in [-0.05, 0) is 55.8 Å². The van der Waals surface area contributed by atoms with Crippen molar-refractivity contribution in [1.29, 1.82) is 0 Å². The molecule has 1 aromatic rings. The topological polar surface area (TPSA) is 12.0 Å². The molecule has 1 aromatic carbocycles. The van der Waals surface area contributed by atoms with Gasteiger partial charge in [-0.15, -0.1) is 0 Å². The second-order valence-electron chi connectivity index (χ2n) is 5.81. The third-order valence-corrected chi connectivity index (χ3v) is 5.17. The normalized spacial score (nSPS) is 26.0. The lowest BCUT2D eigenvalue weighted by molar-refractivity contribution is 0.230. The van der Waals surface area contributed by atoms with Crippen molar-refractivity contribution in [3.05, 3.63) is 33.8 Å². The molecule has 1 nitrogen and oxygen atoms in total. The first-order chi connectivity index (χ1) is 8.61. The minimum absolute atomic E-state index is 0.504. The van der Waals surface area contributed by atoms with Crippen LogP contribution < -0.4 is 5.32 Å². The molecule has 0 amide bonds. The molecule has 0 radical (unpaired) electrons. The Morgan fingerprint density at radius 2 is 2.11 bits per heavy atom. The lowest BCUT2D eigenvalue weighted by Gasteiger charge is -2.33. The molecule has 1 aliphatic carbocycles. The van der Waals surface area contributed by atoms with Gasteiger partial charge in [-0.1, -0.05) is 47.8 Å². The second kappa shape index (κ2) is 6.21. The van der Waals surface area contributed by atoms with Gasteiger partial charge in [-0.3, -0.25) is 0 Å². The molecule has 2 rings (SSSR count). The Labute approximate surface area is 119 Å². The minimum atomic E-state index is 0.504. The molecule has 2 heteroatoms. The van der Waals surface area contributed by atoms with Crippen LogP contribution in [0.4, 0.5) is 0 Å². The van der Waals surface area contributed by atoms with Crippen molar-refractivity contribution in [2.75, 3.05) is 7.05 Å². The zero-order chi connectivity index (χ0) is 13.1. The van der Waals surface area contributed by atoms with Crippen molar-refractivity contribution in [2.45, 2.75) is 45.6 Å². The molecule has 1 aliphatic rings. The number of hydrogen-bond donors (Lipinski definition) is 1. The van der Waals surface area contributed by atoms with Gasteiger partial charge in [0.15, 0.2) is 0 Å². The van der Waals surface area contributed by atoms with Crippen molar-refractivity contribution in [3.8, 4) is 0 Å². The van der Waals surface area contributed by atoms with E-state index in [1.807, 2.05) is 0 Å². The van der Waals surface area contributed by atoms with Crippen molar-refractivity contribution in [3.63, 3.8) is 0 Å². The first-order valence-electron chi connectivity index (χ1n) is 7.05. The molecule has 0 spiro atoms. The monoisotopic (exact) mass is 309 g/mol. The summed E-state index contributed by atoms with van der Waals surface area (Å²) in [4.78, 5) is 0. The quantitative estimate of drug-likeness (QED) is 0.842. The summed E-state index contributed by atoms with van der Waals surface area (Å²) in [5.74, 6) is 1.67. The van der Waals surface area contributed by atoms with Crippen molar-refractivity contribution < 1.29 is 0 Å². The second-order valence-corrected chi connectivity index (χ2v) is 6.66. The predicted octanol–water partition coefficient (Wildman–Crippen LogP) is 4.84. The van der Waals surface area contributed by atoms with Crippen LogP contribution in [0.25, 0.3) is 0 Å². The van der Waals surface area contributed by atoms with Crippen molar-refractivity contribution >= 4 is 15.9 Å². The first-order valence-corrected chi connectivity index (χ1v) is 7.84. The molecule has 3 atom stereocenters. The molecule has 1 fully saturated rings. The Balaban J connectivity index is 2.18. The third kappa shape index (κ3) is 3.16. The molecule has 0 heterocycles. The van der Waals surface area contributed by atoms with Gasteiger partial charge in [0.25, 0.3) is 0 Å². The molecule has 3 unspecified atom stereocenters. The largest absolute Gasteiger partial charge is 0.313 e. The number of hydrogen-bond acceptors (Lipinski definition) is 1. The SMILES string of the molecule is CNC(c1ccc(C)c(Br)c1)C1CCCC(C)C1. The zero-order valence-corrected chi connectivity index (χ0v) is 13.3. The molecule has 0 bridgehead atoms. The van der Waals surface area contributed by atoms with E-state index in [4.69, 9.17) is 0 Å². The van der Waals surface area contributed by atoms with E-state index >= 15 is 0 Å². The highest BCUT2D eigenvalue weighted by Gasteiger charge is 2.26. The van der Waals surface area contributed by atoms with Gasteiger partial charge in [-0.25, -0.2) is 0 Å². The van der Waals surface area contributed by atoms with Crippen LogP contribution in [0.1, 0.15) is 49.8 Å². The molecular formula is C16H24BrN. The Morgan fingerprint density at radius 3 is 2.72 bits per heavy atom. The van der Waals surface area contributed by atoms with Gasteiger partial charge in [0.05, 0.1) is 0 Å². The maximum Gasteiger partial charge on any atom is 0.0346 e. The van der Waals surface area contributed by atoms with Crippen LogP contribution in [-0.2, 0) is 0 Å². The lowest BCUT2D eigenvalue weighted by atomic mass is 9.76. The summed E-state index contributed by atoms with van der Waals surface area (Å²) in [5, 5.41) is 3.53. The van der Waals surface area contributed by atoms with Crippen molar-refractivity contribution in [1.82, 2.24) is 5.32 Å². The van der Waals surface area contributed by atoms with Crippen molar-refractivity contribution in [2.24, 2.45) is 11.8 Å². The van der Waals surface area contributed by atoms with E-state index in [2.05, 4.69) is 60.3 Å². The van der Waals surface area contributed by atoms with Crippen LogP contribution in [0.5, 0.6) is 0 Å². The van der Waals surface area contributed by atoms with Crippen LogP contribution in [0.2, 0.25) is 0 Å². The number of rotatable bonds is 3. The third-order valence-electron chi connectivity index (χ3n) is 4.31. The van der Waals surface area contributed by atoms with Gasteiger partial charge in [-0.2, -0.15) is 0 Å². The summed E-state index contributed by atoms with van der Waals surface area (Å²) in [6.45, 7) is 4.54. The fourth-order valence-corrected chi connectivity index (χ4v) is 3.66. The van der Waals surface area contributed by atoms with E-state index in [-0.39, 0.29) is 0 Å². The van der Waals surface area contributed by atoms with E-state index in [0.29, 0.717) is 6.04 Å². The Bertz CT molecular complexity index is 402. The van der Waals surface area contributed by atoms with E-state index in [1.165, 1.54) is 41.3 Å². The summed E-state index contributed by atoms with van der Waals surface area (Å²) >= 11 is 3.65. The van der Waals surface area contributed by atoms with Gasteiger partial charge >= 0.3 is 0 Å². The summed E-state index contributed by atoms with van der Waals surface area (Å²) < 4.78 is 1.23. The average molecular weight is 310 g/mol. The van der Waals surface area contributed by atoms with Crippen LogP contribution in [0.3, 0.4) is 0 Å². The molecule has 0 aromatic heterocycles. The fourth-order valence-electron chi connectivity index (χ4n) is 3.26. The summed E-state index contributed by atoms with van der Waals surface area (Å²) in [5.41, 5.74) is 2.74. The maximum atomic E-state index is 3.65. The summed E-state index contributed by atoms with van der Waals surface area (Å²) in [7, 11) is 2.09. The van der Waals surface area contributed by atoms with Gasteiger partial charge in [0.1, 0.15) is 0 Å². The van der Waals surface area contributed by atoms with E-state index < -0.39 is 0 Å². The van der Waals surface area contributed by atoms with Gasteiger partial charge in [0.2, 0.25) is 0 Å². The van der Waals surface area contributed by atoms with E-state index in [1.54, 1.807) is 0 Å². The fraction of sp³-hybridized carbons (Fsp3) is 0.625. The summed E-state index contributed by atoms with van der Waals surface area (Å²) in [6, 6.07) is 7.29. The molecule has 18 heavy (non-hydrogen) atoms. The highest BCUT2D eigenvalue weighted by molar-refractivity contribution is 9.10. The molecular weight excluding hydrogens is 286 g/mol. The number of benzene rings is 1. The lowest BCUT2D eigenvalue weighted by Crippen LogP contribution is -2.29. The minimum Gasteiger partial charge on any atom is -0.313 e. The number of aryl methyl sites for hydroxylation is 1. The Hall–Kier alpha value is -0.340.